The van der Waals surface area contributed by atoms with Crippen molar-refractivity contribution in [2.75, 3.05) is 5.73 Å². The Balaban J connectivity index is 2.31. The molecule has 0 aliphatic carbocycles. The van der Waals surface area contributed by atoms with Gasteiger partial charge in [0.2, 0.25) is 10.0 Å². The van der Waals surface area contributed by atoms with E-state index in [0.29, 0.717) is 11.3 Å². The molecule has 4 nitrogen and oxygen atoms in total. The van der Waals surface area contributed by atoms with Crippen LogP contribution in [0.1, 0.15) is 24.1 Å². The van der Waals surface area contributed by atoms with E-state index in [0.717, 1.165) is 5.56 Å². The molecule has 6 heteroatoms. The molecule has 0 saturated heterocycles. The van der Waals surface area contributed by atoms with Crippen molar-refractivity contribution in [1.29, 1.82) is 0 Å². The van der Waals surface area contributed by atoms with Crippen molar-refractivity contribution >= 4 is 27.0 Å². The number of hydrogen-bond acceptors (Lipinski definition) is 4. The summed E-state index contributed by atoms with van der Waals surface area (Å²) in [6, 6.07) is 6.54. The minimum Gasteiger partial charge on any atom is -0.398 e. The van der Waals surface area contributed by atoms with Crippen LogP contribution in [0.5, 0.6) is 0 Å². The summed E-state index contributed by atoms with van der Waals surface area (Å²) >= 11 is 1.54. The van der Waals surface area contributed by atoms with Crippen molar-refractivity contribution in [3.8, 4) is 0 Å². The molecule has 0 radical (unpaired) electrons. The molecule has 1 unspecified atom stereocenters. The fraction of sp³-hybridized carbons (Fsp3) is 0.231. The molecule has 0 spiro atoms. The first-order valence-electron chi connectivity index (χ1n) is 5.81. The highest BCUT2D eigenvalue weighted by molar-refractivity contribution is 7.89. The lowest BCUT2D eigenvalue weighted by Crippen LogP contribution is -2.27. The Kier molecular flexibility index (Phi) is 3.93. The lowest BCUT2D eigenvalue weighted by molar-refractivity contribution is 0.566. The summed E-state index contributed by atoms with van der Waals surface area (Å²) in [5.41, 5.74) is 7.76. The van der Waals surface area contributed by atoms with Crippen LogP contribution in [0.2, 0.25) is 0 Å². The maximum Gasteiger partial charge on any atom is 0.241 e. The van der Waals surface area contributed by atoms with Gasteiger partial charge in [0.05, 0.1) is 4.90 Å². The van der Waals surface area contributed by atoms with Gasteiger partial charge < -0.3 is 5.73 Å². The number of hydrogen-bond donors (Lipinski definition) is 2. The van der Waals surface area contributed by atoms with Gasteiger partial charge in [0, 0.05) is 11.7 Å². The molecule has 2 rings (SSSR count). The number of nitrogens with two attached hydrogens (primary N) is 1. The lowest BCUT2D eigenvalue weighted by Gasteiger charge is -2.15. The zero-order chi connectivity index (χ0) is 14.0. The first-order valence-corrected chi connectivity index (χ1v) is 8.24. The standard InChI is InChI=1S/C13H16N2O2S2/c1-9-12(14)4-3-5-13(9)19(16,17)15-10(2)11-6-7-18-8-11/h3-8,10,15H,14H2,1-2H3. The minimum absolute atomic E-state index is 0.231. The molecule has 3 N–H and O–H groups in total. The summed E-state index contributed by atoms with van der Waals surface area (Å²) in [7, 11) is -3.56. The average Bonchev–Trinajstić information content (AvgIpc) is 2.85. The number of nitrogens with one attached hydrogen (secondary N) is 1. The van der Waals surface area contributed by atoms with Gasteiger partial charge in [0.15, 0.2) is 0 Å². The molecular formula is C13H16N2O2S2. The maximum atomic E-state index is 12.3. The van der Waals surface area contributed by atoms with Crippen LogP contribution in [0, 0.1) is 6.92 Å². The molecule has 0 saturated carbocycles. The van der Waals surface area contributed by atoms with Crippen molar-refractivity contribution in [3.05, 3.63) is 46.2 Å². The van der Waals surface area contributed by atoms with E-state index in [4.69, 9.17) is 5.73 Å². The zero-order valence-corrected chi connectivity index (χ0v) is 12.4. The number of anilines is 1. The number of rotatable bonds is 4. The topological polar surface area (TPSA) is 72.2 Å². The Morgan fingerprint density at radius 1 is 1.32 bits per heavy atom. The van der Waals surface area contributed by atoms with Gasteiger partial charge in [-0.1, -0.05) is 6.07 Å². The Bertz CT molecular complexity index is 664. The van der Waals surface area contributed by atoms with Gasteiger partial charge in [-0.05, 0) is 53.9 Å². The third-order valence-corrected chi connectivity index (χ3v) is 5.38. The molecule has 2 aromatic rings. The van der Waals surface area contributed by atoms with Gasteiger partial charge in [-0.2, -0.15) is 11.3 Å². The molecule has 0 amide bonds. The predicted molar refractivity (Wildman–Crippen MR) is 78.6 cm³/mol. The van der Waals surface area contributed by atoms with E-state index >= 15 is 0 Å². The molecule has 1 atom stereocenters. The largest absolute Gasteiger partial charge is 0.398 e. The molecule has 1 heterocycles. The van der Waals surface area contributed by atoms with E-state index in [2.05, 4.69) is 4.72 Å². The zero-order valence-electron chi connectivity index (χ0n) is 10.8. The molecule has 102 valence electrons. The van der Waals surface area contributed by atoms with Gasteiger partial charge in [0.1, 0.15) is 0 Å². The van der Waals surface area contributed by atoms with Crippen molar-refractivity contribution in [2.45, 2.75) is 24.8 Å². The quantitative estimate of drug-likeness (QED) is 0.852. The molecule has 19 heavy (non-hydrogen) atoms. The summed E-state index contributed by atoms with van der Waals surface area (Å²) in [5, 5.41) is 3.85. The number of sulfonamides is 1. The van der Waals surface area contributed by atoms with Crippen LogP contribution in [0.3, 0.4) is 0 Å². The van der Waals surface area contributed by atoms with Crippen LogP contribution in [0.25, 0.3) is 0 Å². The van der Waals surface area contributed by atoms with E-state index in [1.165, 1.54) is 0 Å². The van der Waals surface area contributed by atoms with Crippen molar-refractivity contribution in [1.82, 2.24) is 4.72 Å². The van der Waals surface area contributed by atoms with E-state index < -0.39 is 10.0 Å². The van der Waals surface area contributed by atoms with Gasteiger partial charge >= 0.3 is 0 Å². The fourth-order valence-corrected chi connectivity index (χ4v) is 4.07. The van der Waals surface area contributed by atoms with Crippen molar-refractivity contribution in [2.24, 2.45) is 0 Å². The van der Waals surface area contributed by atoms with Gasteiger partial charge in [-0.25, -0.2) is 13.1 Å². The molecule has 0 fully saturated rings. The monoisotopic (exact) mass is 296 g/mol. The smallest absolute Gasteiger partial charge is 0.241 e. The molecular weight excluding hydrogens is 280 g/mol. The number of nitrogen functional groups attached to an aromatic ring is 1. The normalized spacial score (nSPS) is 13.4. The minimum atomic E-state index is -3.56. The highest BCUT2D eigenvalue weighted by Gasteiger charge is 2.21. The van der Waals surface area contributed by atoms with Crippen LogP contribution in [0.15, 0.2) is 39.9 Å². The summed E-state index contributed by atoms with van der Waals surface area (Å²) in [4.78, 5) is 0.231. The maximum absolute atomic E-state index is 12.3. The van der Waals surface area contributed by atoms with Crippen molar-refractivity contribution in [3.63, 3.8) is 0 Å². The average molecular weight is 296 g/mol. The van der Waals surface area contributed by atoms with Crippen LogP contribution < -0.4 is 10.5 Å². The van der Waals surface area contributed by atoms with E-state index in [1.54, 1.807) is 36.5 Å². The second-order valence-electron chi connectivity index (χ2n) is 4.37. The first-order chi connectivity index (χ1) is 8.92. The second kappa shape index (κ2) is 5.32. The lowest BCUT2D eigenvalue weighted by atomic mass is 10.2. The third kappa shape index (κ3) is 2.97. The van der Waals surface area contributed by atoms with Crippen LogP contribution in [-0.2, 0) is 10.0 Å². The third-order valence-electron chi connectivity index (χ3n) is 2.99. The Morgan fingerprint density at radius 3 is 2.68 bits per heavy atom. The number of benzene rings is 1. The van der Waals surface area contributed by atoms with E-state index in [1.807, 2.05) is 23.8 Å². The summed E-state index contributed by atoms with van der Waals surface area (Å²) < 4.78 is 27.4. The molecule has 0 aliphatic heterocycles. The summed E-state index contributed by atoms with van der Waals surface area (Å²) in [6.07, 6.45) is 0. The molecule has 0 aliphatic rings. The van der Waals surface area contributed by atoms with Crippen LogP contribution in [-0.4, -0.2) is 8.42 Å². The fourth-order valence-electron chi connectivity index (χ4n) is 1.81. The predicted octanol–water partition coefficient (Wildman–Crippen LogP) is 2.68. The van der Waals surface area contributed by atoms with Crippen LogP contribution >= 0.6 is 11.3 Å². The van der Waals surface area contributed by atoms with Crippen molar-refractivity contribution < 1.29 is 8.42 Å². The molecule has 1 aromatic heterocycles. The van der Waals surface area contributed by atoms with Gasteiger partial charge in [0.25, 0.3) is 0 Å². The molecule has 1 aromatic carbocycles. The Hall–Kier alpha value is -1.37. The second-order valence-corrected chi connectivity index (χ2v) is 6.83. The van der Waals surface area contributed by atoms with E-state index in [-0.39, 0.29) is 10.9 Å². The first kappa shape index (κ1) is 14.0. The SMILES string of the molecule is Cc1c(N)cccc1S(=O)(=O)NC(C)c1ccsc1. The Morgan fingerprint density at radius 2 is 2.05 bits per heavy atom. The van der Waals surface area contributed by atoms with E-state index in [9.17, 15) is 8.42 Å². The molecule has 0 bridgehead atoms. The highest BCUT2D eigenvalue weighted by Crippen LogP contribution is 2.23. The highest BCUT2D eigenvalue weighted by atomic mass is 32.2. The Labute approximate surface area is 117 Å². The van der Waals surface area contributed by atoms with Gasteiger partial charge in [-0.3, -0.25) is 0 Å². The number of thiophene rings is 1. The van der Waals surface area contributed by atoms with Crippen LogP contribution in [0.4, 0.5) is 5.69 Å². The summed E-state index contributed by atoms with van der Waals surface area (Å²) in [5.74, 6) is 0. The summed E-state index contributed by atoms with van der Waals surface area (Å²) in [6.45, 7) is 3.53. The van der Waals surface area contributed by atoms with Gasteiger partial charge in [-0.15, -0.1) is 0 Å².